The van der Waals surface area contributed by atoms with Crippen LogP contribution >= 0.6 is 0 Å². The molecule has 4 heteroatoms. The van der Waals surface area contributed by atoms with Gasteiger partial charge in [-0.3, -0.25) is 0 Å². The van der Waals surface area contributed by atoms with Gasteiger partial charge in [-0.1, -0.05) is 6.92 Å². The molecule has 0 aromatic carbocycles. The molecule has 2 heterocycles. The summed E-state index contributed by atoms with van der Waals surface area (Å²) in [7, 11) is 0. The molecular formula is C13H19N3O. The van der Waals surface area contributed by atoms with E-state index in [1.807, 2.05) is 18.5 Å². The summed E-state index contributed by atoms with van der Waals surface area (Å²) >= 11 is 0. The Balaban J connectivity index is 2.14. The average Bonchev–Trinajstić information content (AvgIpc) is 2.96. The highest BCUT2D eigenvalue weighted by molar-refractivity contribution is 5.22. The van der Waals surface area contributed by atoms with E-state index in [-0.39, 0.29) is 6.04 Å². The first-order valence-corrected chi connectivity index (χ1v) is 6.08. The van der Waals surface area contributed by atoms with Crippen LogP contribution in [-0.2, 0) is 19.4 Å². The highest BCUT2D eigenvalue weighted by Crippen LogP contribution is 2.21. The minimum atomic E-state index is -0.0450. The van der Waals surface area contributed by atoms with Crippen LogP contribution in [0.4, 0.5) is 0 Å². The van der Waals surface area contributed by atoms with Gasteiger partial charge in [0, 0.05) is 43.4 Å². The summed E-state index contributed by atoms with van der Waals surface area (Å²) in [6.45, 7) is 5.10. The first-order chi connectivity index (χ1) is 8.26. The Labute approximate surface area is 101 Å². The third-order valence-corrected chi connectivity index (χ3v) is 3.05. The summed E-state index contributed by atoms with van der Waals surface area (Å²) in [5.41, 5.74) is 7.31. The Bertz CT molecular complexity index is 472. The summed E-state index contributed by atoms with van der Waals surface area (Å²) in [5, 5.41) is 0. The van der Waals surface area contributed by atoms with Gasteiger partial charge in [-0.05, 0) is 13.0 Å². The number of imidazole rings is 1. The van der Waals surface area contributed by atoms with E-state index in [4.69, 9.17) is 10.2 Å². The molecule has 0 bridgehead atoms. The van der Waals surface area contributed by atoms with Crippen molar-refractivity contribution in [1.82, 2.24) is 9.55 Å². The van der Waals surface area contributed by atoms with Crippen molar-refractivity contribution in [2.75, 3.05) is 0 Å². The molecule has 0 spiro atoms. The Hall–Kier alpha value is -1.55. The number of aryl methyl sites for hydroxylation is 2. The molecule has 1 unspecified atom stereocenters. The Morgan fingerprint density at radius 3 is 3.00 bits per heavy atom. The van der Waals surface area contributed by atoms with Crippen molar-refractivity contribution in [3.8, 4) is 0 Å². The van der Waals surface area contributed by atoms with Gasteiger partial charge in [0.1, 0.15) is 11.6 Å². The molecule has 0 fully saturated rings. The monoisotopic (exact) mass is 233 g/mol. The lowest BCUT2D eigenvalue weighted by atomic mass is 10.0. The molecule has 2 aromatic rings. The molecule has 0 aliphatic heterocycles. The van der Waals surface area contributed by atoms with E-state index in [2.05, 4.69) is 23.4 Å². The predicted octanol–water partition coefficient (Wildman–Crippen LogP) is 2.30. The highest BCUT2D eigenvalue weighted by atomic mass is 16.3. The molecule has 0 radical (unpaired) electrons. The van der Waals surface area contributed by atoms with Gasteiger partial charge in [0.25, 0.3) is 0 Å². The highest BCUT2D eigenvalue weighted by Gasteiger charge is 2.15. The third-order valence-electron chi connectivity index (χ3n) is 3.05. The Kier molecular flexibility index (Phi) is 3.64. The number of hydrogen-bond acceptors (Lipinski definition) is 3. The quantitative estimate of drug-likeness (QED) is 0.862. The average molecular weight is 233 g/mol. The summed E-state index contributed by atoms with van der Waals surface area (Å²) in [4.78, 5) is 4.34. The molecule has 17 heavy (non-hydrogen) atoms. The van der Waals surface area contributed by atoms with Gasteiger partial charge in [-0.25, -0.2) is 4.98 Å². The van der Waals surface area contributed by atoms with Crippen molar-refractivity contribution >= 4 is 0 Å². The van der Waals surface area contributed by atoms with Gasteiger partial charge in [0.05, 0.1) is 6.26 Å². The second-order valence-electron chi connectivity index (χ2n) is 4.09. The minimum Gasteiger partial charge on any atom is -0.469 e. The maximum absolute atomic E-state index is 6.22. The number of rotatable bonds is 5. The van der Waals surface area contributed by atoms with E-state index < -0.39 is 0 Å². The van der Waals surface area contributed by atoms with Crippen LogP contribution in [0.15, 0.2) is 29.1 Å². The fraction of sp³-hybridized carbons (Fsp3) is 0.462. The fourth-order valence-electron chi connectivity index (χ4n) is 2.09. The van der Waals surface area contributed by atoms with Crippen LogP contribution in [0.1, 0.15) is 37.0 Å². The molecule has 92 valence electrons. The molecule has 0 saturated heterocycles. The standard InChI is InChI=1S/C13H19N3O/c1-3-12-10(5-8-17-12)11(14)9-13-15-6-7-16(13)4-2/h5-8,11H,3-4,9,14H2,1-2H3. The molecule has 2 N–H and O–H groups in total. The molecule has 0 aliphatic rings. The molecule has 0 amide bonds. The SMILES string of the molecule is CCc1occc1C(N)Cc1nccn1CC. The number of furan rings is 1. The van der Waals surface area contributed by atoms with Crippen LogP contribution in [0.3, 0.4) is 0 Å². The number of aromatic nitrogens is 2. The number of nitrogens with two attached hydrogens (primary N) is 1. The van der Waals surface area contributed by atoms with Crippen LogP contribution < -0.4 is 5.73 Å². The van der Waals surface area contributed by atoms with Gasteiger partial charge in [-0.2, -0.15) is 0 Å². The van der Waals surface area contributed by atoms with Crippen molar-refractivity contribution in [2.45, 2.75) is 39.3 Å². The summed E-state index contributed by atoms with van der Waals surface area (Å²) in [6.07, 6.45) is 7.13. The van der Waals surface area contributed by atoms with Gasteiger partial charge in [0.15, 0.2) is 0 Å². The maximum Gasteiger partial charge on any atom is 0.110 e. The van der Waals surface area contributed by atoms with Crippen molar-refractivity contribution in [1.29, 1.82) is 0 Å². The summed E-state index contributed by atoms with van der Waals surface area (Å²) in [6, 6.07) is 1.92. The van der Waals surface area contributed by atoms with Crippen LogP contribution in [0, 0.1) is 0 Å². The van der Waals surface area contributed by atoms with Crippen molar-refractivity contribution in [3.63, 3.8) is 0 Å². The van der Waals surface area contributed by atoms with Gasteiger partial charge >= 0.3 is 0 Å². The lowest BCUT2D eigenvalue weighted by molar-refractivity contribution is 0.503. The topological polar surface area (TPSA) is 57.0 Å². The zero-order chi connectivity index (χ0) is 12.3. The minimum absolute atomic E-state index is 0.0450. The second-order valence-corrected chi connectivity index (χ2v) is 4.09. The zero-order valence-electron chi connectivity index (χ0n) is 10.4. The first-order valence-electron chi connectivity index (χ1n) is 6.08. The number of nitrogens with zero attached hydrogens (tertiary/aromatic N) is 2. The van der Waals surface area contributed by atoms with E-state index in [0.717, 1.165) is 36.5 Å². The van der Waals surface area contributed by atoms with E-state index in [9.17, 15) is 0 Å². The maximum atomic E-state index is 6.22. The Morgan fingerprint density at radius 1 is 1.47 bits per heavy atom. The van der Waals surface area contributed by atoms with Gasteiger partial charge in [-0.15, -0.1) is 0 Å². The lowest BCUT2D eigenvalue weighted by Gasteiger charge is -2.12. The molecule has 2 aromatic heterocycles. The van der Waals surface area contributed by atoms with E-state index in [1.54, 1.807) is 6.26 Å². The normalized spacial score (nSPS) is 12.9. The van der Waals surface area contributed by atoms with Crippen molar-refractivity contribution in [3.05, 3.63) is 41.9 Å². The largest absolute Gasteiger partial charge is 0.469 e. The zero-order valence-corrected chi connectivity index (χ0v) is 10.4. The van der Waals surface area contributed by atoms with Crippen LogP contribution in [0.5, 0.6) is 0 Å². The second kappa shape index (κ2) is 5.19. The van der Waals surface area contributed by atoms with E-state index in [1.165, 1.54) is 0 Å². The fourth-order valence-corrected chi connectivity index (χ4v) is 2.09. The van der Waals surface area contributed by atoms with Gasteiger partial charge in [0.2, 0.25) is 0 Å². The lowest BCUT2D eigenvalue weighted by Crippen LogP contribution is -2.17. The smallest absolute Gasteiger partial charge is 0.110 e. The molecule has 0 aliphatic carbocycles. The van der Waals surface area contributed by atoms with Crippen LogP contribution in [0.2, 0.25) is 0 Å². The van der Waals surface area contributed by atoms with Crippen LogP contribution in [0.25, 0.3) is 0 Å². The molecular weight excluding hydrogens is 214 g/mol. The van der Waals surface area contributed by atoms with Crippen molar-refractivity contribution < 1.29 is 4.42 Å². The van der Waals surface area contributed by atoms with Crippen molar-refractivity contribution in [2.24, 2.45) is 5.73 Å². The van der Waals surface area contributed by atoms with Crippen LogP contribution in [-0.4, -0.2) is 9.55 Å². The molecule has 4 nitrogen and oxygen atoms in total. The molecule has 2 rings (SSSR count). The summed E-state index contributed by atoms with van der Waals surface area (Å²) < 4.78 is 7.52. The summed E-state index contributed by atoms with van der Waals surface area (Å²) in [5.74, 6) is 2.01. The Morgan fingerprint density at radius 2 is 2.29 bits per heavy atom. The molecule has 0 saturated carbocycles. The molecule has 1 atom stereocenters. The predicted molar refractivity (Wildman–Crippen MR) is 66.6 cm³/mol. The third kappa shape index (κ3) is 2.42. The number of hydrogen-bond donors (Lipinski definition) is 1. The van der Waals surface area contributed by atoms with E-state index >= 15 is 0 Å². The first kappa shape index (κ1) is 11.9. The van der Waals surface area contributed by atoms with Gasteiger partial charge < -0.3 is 14.7 Å². The van der Waals surface area contributed by atoms with E-state index in [0.29, 0.717) is 0 Å².